The Hall–Kier alpha value is -2.03. The lowest BCUT2D eigenvalue weighted by molar-refractivity contribution is -0.137. The van der Waals surface area contributed by atoms with Crippen molar-refractivity contribution >= 4 is 11.7 Å². The van der Waals surface area contributed by atoms with E-state index in [-0.39, 0.29) is 6.04 Å². The van der Waals surface area contributed by atoms with E-state index in [1.54, 1.807) is 0 Å². The monoisotopic (exact) mass is 318 g/mol. The number of alkyl halides is 3. The fourth-order valence-electron chi connectivity index (χ4n) is 2.37. The lowest BCUT2D eigenvalue weighted by Gasteiger charge is -2.30. The van der Waals surface area contributed by atoms with Gasteiger partial charge in [-0.05, 0) is 32.5 Å². The molecular weight excluding hydrogens is 301 g/mol. The Morgan fingerprint density at radius 1 is 1.45 bits per heavy atom. The number of H-pyrrole nitrogens is 1. The lowest BCUT2D eigenvalue weighted by atomic mass is 10.1. The molecule has 1 aliphatic heterocycles. The number of aromatic nitrogens is 1. The largest absolute Gasteiger partial charge is 0.417 e. The van der Waals surface area contributed by atoms with Gasteiger partial charge in [-0.25, -0.2) is 4.79 Å². The van der Waals surface area contributed by atoms with E-state index in [2.05, 4.69) is 10.6 Å². The number of carbonyl (C=O) groups excluding carboxylic acids is 1. The average molecular weight is 318 g/mol. The van der Waals surface area contributed by atoms with E-state index >= 15 is 0 Å². The molecule has 1 atom stereocenters. The summed E-state index contributed by atoms with van der Waals surface area (Å²) in [5.74, 6) is 0. The van der Waals surface area contributed by atoms with Crippen molar-refractivity contribution in [2.75, 3.05) is 25.5 Å². The number of halogens is 3. The number of nitrogens with one attached hydrogen (secondary N) is 3. The molecule has 0 bridgehead atoms. The molecule has 22 heavy (non-hydrogen) atoms. The van der Waals surface area contributed by atoms with Crippen LogP contribution in [0.5, 0.6) is 0 Å². The number of piperidine rings is 1. The van der Waals surface area contributed by atoms with Gasteiger partial charge in [0.15, 0.2) is 0 Å². The summed E-state index contributed by atoms with van der Waals surface area (Å²) in [5, 5.41) is 4.83. The van der Waals surface area contributed by atoms with Gasteiger partial charge in [0.05, 0.1) is 5.56 Å². The topological polar surface area (TPSA) is 77.2 Å². The van der Waals surface area contributed by atoms with Crippen LogP contribution in [0.15, 0.2) is 17.1 Å². The van der Waals surface area contributed by atoms with Crippen molar-refractivity contribution in [1.29, 1.82) is 0 Å². The second-order valence-corrected chi connectivity index (χ2v) is 5.33. The fraction of sp³-hybridized carbons (Fsp3) is 0.538. The number of carbonyl (C=O) groups is 1. The Bertz CT molecular complexity index is 600. The minimum absolute atomic E-state index is 0.0939. The van der Waals surface area contributed by atoms with Crippen LogP contribution in [0, 0.1) is 0 Å². The van der Waals surface area contributed by atoms with Crippen molar-refractivity contribution in [2.45, 2.75) is 25.1 Å². The number of amides is 2. The first-order valence-electron chi connectivity index (χ1n) is 6.81. The zero-order valence-corrected chi connectivity index (χ0v) is 12.0. The Morgan fingerprint density at radius 2 is 2.18 bits per heavy atom. The van der Waals surface area contributed by atoms with Gasteiger partial charge in [-0.2, -0.15) is 13.2 Å². The van der Waals surface area contributed by atoms with Gasteiger partial charge in [-0.1, -0.05) is 0 Å². The van der Waals surface area contributed by atoms with Gasteiger partial charge < -0.3 is 20.5 Å². The summed E-state index contributed by atoms with van der Waals surface area (Å²) < 4.78 is 37.8. The predicted molar refractivity (Wildman–Crippen MR) is 74.7 cm³/mol. The zero-order valence-electron chi connectivity index (χ0n) is 12.0. The predicted octanol–water partition coefficient (Wildman–Crippen LogP) is 1.61. The molecule has 1 aliphatic rings. The fourth-order valence-corrected chi connectivity index (χ4v) is 2.37. The molecule has 0 aliphatic carbocycles. The minimum atomic E-state index is -4.59. The van der Waals surface area contributed by atoms with E-state index in [0.29, 0.717) is 18.8 Å². The van der Waals surface area contributed by atoms with Crippen LogP contribution in [0.1, 0.15) is 18.4 Å². The smallest absolute Gasteiger partial charge is 0.334 e. The number of anilines is 1. The number of nitrogens with zero attached hydrogens (tertiary/aromatic N) is 1. The summed E-state index contributed by atoms with van der Waals surface area (Å²) >= 11 is 0. The molecule has 0 radical (unpaired) electrons. The summed E-state index contributed by atoms with van der Waals surface area (Å²) in [7, 11) is 1.92. The number of likely N-dealkylation sites (N-methyl/N-ethyl adjacent to an activating group) is 1. The molecule has 0 aromatic carbocycles. The number of rotatable bonds is 2. The third kappa shape index (κ3) is 4.23. The van der Waals surface area contributed by atoms with Gasteiger partial charge >= 0.3 is 12.2 Å². The molecule has 1 unspecified atom stereocenters. The second-order valence-electron chi connectivity index (χ2n) is 5.33. The van der Waals surface area contributed by atoms with E-state index in [9.17, 15) is 22.8 Å². The number of likely N-dealkylation sites (tertiary alicyclic amines) is 1. The van der Waals surface area contributed by atoms with Crippen molar-refractivity contribution in [3.8, 4) is 0 Å². The Balaban J connectivity index is 2.03. The quantitative estimate of drug-likeness (QED) is 0.775. The van der Waals surface area contributed by atoms with Gasteiger partial charge in [-0.15, -0.1) is 0 Å². The van der Waals surface area contributed by atoms with E-state index < -0.39 is 29.0 Å². The summed E-state index contributed by atoms with van der Waals surface area (Å²) in [6.07, 6.45) is -2.31. The van der Waals surface area contributed by atoms with Gasteiger partial charge in [0, 0.05) is 18.8 Å². The molecule has 1 aromatic heterocycles. The number of aromatic amines is 1. The van der Waals surface area contributed by atoms with Crippen LogP contribution < -0.4 is 16.2 Å². The van der Waals surface area contributed by atoms with Crippen molar-refractivity contribution in [3.05, 3.63) is 28.2 Å². The molecule has 1 aromatic rings. The Kier molecular flexibility index (Phi) is 4.74. The van der Waals surface area contributed by atoms with Gasteiger partial charge in [0.1, 0.15) is 5.69 Å². The summed E-state index contributed by atoms with van der Waals surface area (Å²) in [6, 6.07) is -0.167. The summed E-state index contributed by atoms with van der Waals surface area (Å²) in [4.78, 5) is 27.3. The van der Waals surface area contributed by atoms with Crippen molar-refractivity contribution in [1.82, 2.24) is 15.2 Å². The molecule has 122 valence electrons. The highest BCUT2D eigenvalue weighted by molar-refractivity contribution is 5.89. The number of urea groups is 1. The molecule has 0 spiro atoms. The molecule has 2 rings (SSSR count). The third-order valence-corrected chi connectivity index (χ3v) is 3.44. The molecule has 3 N–H and O–H groups in total. The maximum absolute atomic E-state index is 12.6. The third-order valence-electron chi connectivity index (χ3n) is 3.44. The first kappa shape index (κ1) is 16.3. The molecule has 9 heteroatoms. The van der Waals surface area contributed by atoms with Crippen LogP contribution in [0.25, 0.3) is 0 Å². The highest BCUT2D eigenvalue weighted by atomic mass is 19.4. The zero-order chi connectivity index (χ0) is 16.3. The first-order valence-corrected chi connectivity index (χ1v) is 6.81. The normalized spacial score (nSPS) is 19.7. The van der Waals surface area contributed by atoms with Crippen molar-refractivity contribution < 1.29 is 18.0 Å². The van der Waals surface area contributed by atoms with Crippen LogP contribution in [-0.2, 0) is 6.18 Å². The second kappa shape index (κ2) is 6.39. The van der Waals surface area contributed by atoms with Crippen molar-refractivity contribution in [3.63, 3.8) is 0 Å². The van der Waals surface area contributed by atoms with Crippen LogP contribution in [0.4, 0.5) is 23.7 Å². The maximum Gasteiger partial charge on any atom is 0.417 e. The summed E-state index contributed by atoms with van der Waals surface area (Å²) in [6.45, 7) is 1.60. The van der Waals surface area contributed by atoms with Gasteiger partial charge in [-0.3, -0.25) is 4.79 Å². The molecule has 0 saturated carbocycles. The minimum Gasteiger partial charge on any atom is -0.334 e. The number of hydrogen-bond acceptors (Lipinski definition) is 3. The average Bonchev–Trinajstić information content (AvgIpc) is 2.40. The molecule has 1 saturated heterocycles. The van der Waals surface area contributed by atoms with Gasteiger partial charge in [0.25, 0.3) is 5.56 Å². The molecule has 2 amide bonds. The molecule has 1 fully saturated rings. The number of hydrogen-bond donors (Lipinski definition) is 3. The van der Waals surface area contributed by atoms with E-state index in [1.165, 1.54) is 0 Å². The Labute approximate surface area is 124 Å². The van der Waals surface area contributed by atoms with E-state index in [4.69, 9.17) is 0 Å². The van der Waals surface area contributed by atoms with Crippen LogP contribution in [-0.4, -0.2) is 42.1 Å². The molecule has 2 heterocycles. The Morgan fingerprint density at radius 3 is 2.82 bits per heavy atom. The van der Waals surface area contributed by atoms with Crippen molar-refractivity contribution in [2.24, 2.45) is 0 Å². The first-order chi connectivity index (χ1) is 10.3. The maximum atomic E-state index is 12.6. The van der Waals surface area contributed by atoms with Crippen LogP contribution in [0.2, 0.25) is 0 Å². The highest BCUT2D eigenvalue weighted by Gasteiger charge is 2.31. The highest BCUT2D eigenvalue weighted by Crippen LogP contribution is 2.29. The van der Waals surface area contributed by atoms with Crippen LogP contribution in [0.3, 0.4) is 0 Å². The summed E-state index contributed by atoms with van der Waals surface area (Å²) in [5.41, 5.74) is -2.25. The van der Waals surface area contributed by atoms with E-state index in [0.717, 1.165) is 19.4 Å². The molecular formula is C13H17F3N4O2. The van der Waals surface area contributed by atoms with Gasteiger partial charge in [0.2, 0.25) is 0 Å². The van der Waals surface area contributed by atoms with E-state index in [1.807, 2.05) is 16.9 Å². The number of pyridine rings is 1. The SMILES string of the molecule is CN1CCCC(NC(=O)Nc2cc(C(F)(F)F)c[nH]c2=O)C1. The van der Waals surface area contributed by atoms with Crippen LogP contribution >= 0.6 is 0 Å². The standard InChI is InChI=1S/C13H17F3N4O2/c1-20-4-2-3-9(7-20)18-12(22)19-10-5-8(13(14,15)16)6-17-11(10)21/h5-6,9H,2-4,7H2,1H3,(H,17,21)(H2,18,19,22). The lowest BCUT2D eigenvalue weighted by Crippen LogP contribution is -2.47. The molecule has 6 nitrogen and oxygen atoms in total.